The van der Waals surface area contributed by atoms with Gasteiger partial charge in [-0.15, -0.1) is 0 Å². The third-order valence-electron chi connectivity index (χ3n) is 12.5. The van der Waals surface area contributed by atoms with Crippen molar-refractivity contribution >= 4 is 38.8 Å². The molecule has 2 heterocycles. The summed E-state index contributed by atoms with van der Waals surface area (Å²) in [5.41, 5.74) is 13.2. The van der Waals surface area contributed by atoms with Gasteiger partial charge in [-0.3, -0.25) is 0 Å². The smallest absolute Gasteiger partial charge is 0.408 e. The first-order valence-electron chi connectivity index (χ1n) is 23.6. The zero-order valence-electron chi connectivity index (χ0n) is 44.1. The standard InChI is InChI=1S/C58H76O6P2/c1-33-23-38(48(42(27-33)54(8,9)10)60-65-59-47-32-37(53(5,6)7)31-46(52(47)64-65)58(20,21)22)39-24-34(2)28-43(55(11,12)13)49(39)61-66-62-50-40(25-35(3)29-44(50)56(14,15)16)41-26-36(4)30-45(51(41)63-66)57(17,18)19/h23-32H,1-22H3. The maximum Gasteiger partial charge on any atom is 0.530 e. The molecule has 0 N–H and O–H groups in total. The van der Waals surface area contributed by atoms with Gasteiger partial charge in [-0.25, -0.2) is 0 Å². The SMILES string of the molecule is Cc1cc(-c2cc(C)cc(C(C)(C)C)c2Op2oc3c(C(C)(C)C)cc(C)cc3c3cc(C)cc(C(C)(C)C)c3o2)c(OP2Oc3cc(C(C)(C)C)cc(C(C)(C)C)c3O2)c(C(C)(C)C)c1. The van der Waals surface area contributed by atoms with Gasteiger partial charge in [-0.05, 0) is 118 Å². The van der Waals surface area contributed by atoms with Gasteiger partial charge in [0.25, 0.3) is 0 Å². The lowest BCUT2D eigenvalue weighted by Gasteiger charge is -2.28. The van der Waals surface area contributed by atoms with Crippen molar-refractivity contribution in [2.24, 2.45) is 0 Å². The molecule has 1 aliphatic heterocycles. The second-order valence-corrected chi connectivity index (χ2v) is 27.1. The second-order valence-electron chi connectivity index (χ2n) is 25.1. The lowest BCUT2D eigenvalue weighted by molar-refractivity contribution is 0.422. The molecule has 1 unspecified atom stereocenters. The molecule has 8 heteroatoms. The van der Waals surface area contributed by atoms with Crippen LogP contribution in [-0.2, 0) is 32.5 Å². The van der Waals surface area contributed by atoms with E-state index < -0.39 is 16.8 Å². The van der Waals surface area contributed by atoms with Gasteiger partial charge >= 0.3 is 16.8 Å². The fraction of sp³-hybridized carbons (Fsp3) is 0.483. The molecule has 1 aromatic heterocycles. The Hall–Kier alpha value is -4.37. The zero-order valence-corrected chi connectivity index (χ0v) is 45.9. The average Bonchev–Trinajstić information content (AvgIpc) is 3.49. The highest BCUT2D eigenvalue weighted by Gasteiger charge is 2.39. The van der Waals surface area contributed by atoms with Gasteiger partial charge in [0, 0.05) is 49.7 Å². The molecule has 0 radical (unpaired) electrons. The Bertz CT molecular complexity index is 2830. The van der Waals surface area contributed by atoms with Crippen LogP contribution in [0.25, 0.3) is 33.1 Å². The van der Waals surface area contributed by atoms with Crippen LogP contribution in [0.5, 0.6) is 23.0 Å². The fourth-order valence-corrected chi connectivity index (χ4v) is 11.1. The largest absolute Gasteiger partial charge is 0.530 e. The van der Waals surface area contributed by atoms with E-state index >= 15 is 0 Å². The number of aryl methyl sites for hydroxylation is 4. The van der Waals surface area contributed by atoms with E-state index in [1.165, 1.54) is 16.7 Å². The summed E-state index contributed by atoms with van der Waals surface area (Å²) < 4.78 is 42.8. The zero-order chi connectivity index (χ0) is 49.0. The summed E-state index contributed by atoms with van der Waals surface area (Å²) in [5.74, 6) is 2.88. The van der Waals surface area contributed by atoms with Crippen LogP contribution in [0.1, 0.15) is 180 Å². The Morgan fingerprint density at radius 1 is 0.379 bits per heavy atom. The highest BCUT2D eigenvalue weighted by molar-refractivity contribution is 7.43. The summed E-state index contributed by atoms with van der Waals surface area (Å²) in [7, 11) is -3.97. The summed E-state index contributed by atoms with van der Waals surface area (Å²) in [6, 6.07) is 22.3. The van der Waals surface area contributed by atoms with Crippen molar-refractivity contribution in [3.63, 3.8) is 0 Å². The third-order valence-corrected chi connectivity index (χ3v) is 14.5. The Labute approximate surface area is 398 Å². The number of hydrogen-bond acceptors (Lipinski definition) is 6. The van der Waals surface area contributed by atoms with E-state index in [0.717, 1.165) is 83.5 Å². The molecule has 6 aromatic rings. The van der Waals surface area contributed by atoms with Crippen molar-refractivity contribution in [3.05, 3.63) is 116 Å². The van der Waals surface area contributed by atoms with E-state index in [1.54, 1.807) is 0 Å². The molecule has 0 spiro atoms. The molecule has 354 valence electrons. The maximum atomic E-state index is 7.49. The minimum atomic E-state index is -2.08. The van der Waals surface area contributed by atoms with Crippen molar-refractivity contribution in [1.29, 1.82) is 0 Å². The van der Waals surface area contributed by atoms with Gasteiger partial charge in [0.1, 0.15) is 22.7 Å². The average molecular weight is 931 g/mol. The molecule has 0 aliphatic carbocycles. The lowest BCUT2D eigenvalue weighted by Crippen LogP contribution is -2.16. The maximum absolute atomic E-state index is 7.49. The fourth-order valence-electron chi connectivity index (χ4n) is 8.83. The van der Waals surface area contributed by atoms with Crippen LogP contribution in [0.3, 0.4) is 0 Å². The highest BCUT2D eigenvalue weighted by atomic mass is 31.2. The number of fused-ring (bicyclic) bond motifs is 4. The van der Waals surface area contributed by atoms with Gasteiger partial charge in [-0.2, -0.15) is 0 Å². The van der Waals surface area contributed by atoms with Gasteiger partial charge < -0.3 is 26.5 Å². The first kappa shape index (κ1) is 49.5. The third kappa shape index (κ3) is 9.94. The molecule has 1 atom stereocenters. The lowest BCUT2D eigenvalue weighted by atomic mass is 9.80. The van der Waals surface area contributed by atoms with Crippen molar-refractivity contribution in [3.8, 4) is 34.1 Å². The van der Waals surface area contributed by atoms with Crippen LogP contribution in [0.4, 0.5) is 0 Å². The minimum absolute atomic E-state index is 0.0859. The first-order valence-corrected chi connectivity index (χ1v) is 25.8. The van der Waals surface area contributed by atoms with Crippen LogP contribution >= 0.6 is 16.8 Å². The molecule has 0 bridgehead atoms. The summed E-state index contributed by atoms with van der Waals surface area (Å²) in [6.07, 6.45) is 0. The Kier molecular flexibility index (Phi) is 12.5. The number of benzene rings is 5. The molecule has 7 rings (SSSR count). The predicted molar refractivity (Wildman–Crippen MR) is 281 cm³/mol. The molecule has 0 fully saturated rings. The summed E-state index contributed by atoms with van der Waals surface area (Å²) in [6.45, 7) is 48.8. The van der Waals surface area contributed by atoms with Gasteiger partial charge in [0.15, 0.2) is 11.5 Å². The van der Waals surface area contributed by atoms with Crippen molar-refractivity contribution in [1.82, 2.24) is 0 Å². The van der Waals surface area contributed by atoms with E-state index in [0.29, 0.717) is 11.5 Å². The van der Waals surface area contributed by atoms with Crippen LogP contribution in [0, 0.1) is 27.7 Å². The number of hydrogen-bond donors (Lipinski definition) is 0. The molecule has 1 aliphatic rings. The quantitative estimate of drug-likeness (QED) is 0.161. The van der Waals surface area contributed by atoms with Gasteiger partial charge in [0.05, 0.1) is 0 Å². The summed E-state index contributed by atoms with van der Waals surface area (Å²) >= 11 is 0. The molecular formula is C58H76O6P2. The van der Waals surface area contributed by atoms with E-state index in [4.69, 9.17) is 26.5 Å². The van der Waals surface area contributed by atoms with Crippen LogP contribution in [0.2, 0.25) is 0 Å². The molecule has 0 amide bonds. The Balaban J connectivity index is 1.53. The normalized spacial score (nSPS) is 14.9. The van der Waals surface area contributed by atoms with E-state index in [2.05, 4.69) is 213 Å². The van der Waals surface area contributed by atoms with E-state index in [1.807, 2.05) is 0 Å². The molecule has 0 saturated carbocycles. The summed E-state index contributed by atoms with van der Waals surface area (Å²) in [4.78, 5) is 0. The van der Waals surface area contributed by atoms with Crippen molar-refractivity contribution in [2.45, 2.75) is 185 Å². The van der Waals surface area contributed by atoms with Crippen LogP contribution < -0.4 is 18.1 Å². The van der Waals surface area contributed by atoms with Crippen molar-refractivity contribution in [2.75, 3.05) is 0 Å². The Morgan fingerprint density at radius 3 is 1.15 bits per heavy atom. The van der Waals surface area contributed by atoms with E-state index in [-0.39, 0.29) is 32.5 Å². The second kappa shape index (κ2) is 16.7. The van der Waals surface area contributed by atoms with Gasteiger partial charge in [0.2, 0.25) is 0 Å². The van der Waals surface area contributed by atoms with Crippen LogP contribution in [-0.4, -0.2) is 0 Å². The van der Waals surface area contributed by atoms with Crippen molar-refractivity contribution < 1.29 is 26.5 Å². The molecule has 66 heavy (non-hydrogen) atoms. The van der Waals surface area contributed by atoms with Crippen LogP contribution in [0.15, 0.2) is 69.1 Å². The minimum Gasteiger partial charge on any atom is -0.408 e. The first-order chi connectivity index (χ1) is 30.1. The monoisotopic (exact) mass is 931 g/mol. The predicted octanol–water partition coefficient (Wildman–Crippen LogP) is 18.9. The highest BCUT2D eigenvalue weighted by Crippen LogP contribution is 2.60. The number of rotatable bonds is 5. The van der Waals surface area contributed by atoms with Gasteiger partial charge in [-0.1, -0.05) is 155 Å². The molecule has 0 saturated heterocycles. The molecular weight excluding hydrogens is 855 g/mol. The molecule has 5 aromatic carbocycles. The topological polar surface area (TPSA) is 63.2 Å². The van der Waals surface area contributed by atoms with E-state index in [9.17, 15) is 0 Å². The molecule has 6 nitrogen and oxygen atoms in total. The Morgan fingerprint density at radius 2 is 0.758 bits per heavy atom. The summed E-state index contributed by atoms with van der Waals surface area (Å²) in [5, 5.41) is 2.04.